The smallest absolute Gasteiger partial charge is 0.0352 e. The monoisotopic (exact) mass is 240 g/mol. The van der Waals surface area contributed by atoms with E-state index in [0.29, 0.717) is 12.1 Å². The molecule has 0 saturated carbocycles. The normalized spacial score (nSPS) is 25.4. The predicted molar refractivity (Wildman–Crippen MR) is 76.5 cm³/mol. The van der Waals surface area contributed by atoms with E-state index in [1.165, 1.54) is 16.3 Å². The summed E-state index contributed by atoms with van der Waals surface area (Å²) in [5.74, 6) is 0. The summed E-state index contributed by atoms with van der Waals surface area (Å²) in [4.78, 5) is 2.40. The molecule has 0 amide bonds. The number of nitrogens with two attached hydrogens (primary N) is 1. The summed E-state index contributed by atoms with van der Waals surface area (Å²) in [5.41, 5.74) is 7.48. The quantitative estimate of drug-likeness (QED) is 0.830. The van der Waals surface area contributed by atoms with Crippen LogP contribution in [0.5, 0.6) is 0 Å². The summed E-state index contributed by atoms with van der Waals surface area (Å²) >= 11 is 0. The van der Waals surface area contributed by atoms with Crippen molar-refractivity contribution in [1.29, 1.82) is 0 Å². The maximum absolute atomic E-state index is 6.04. The molecule has 0 aliphatic carbocycles. The number of likely N-dealkylation sites (N-methyl/N-ethyl adjacent to an activating group) is 1. The van der Waals surface area contributed by atoms with Crippen molar-refractivity contribution in [3.8, 4) is 0 Å². The van der Waals surface area contributed by atoms with Gasteiger partial charge in [0.25, 0.3) is 0 Å². The summed E-state index contributed by atoms with van der Waals surface area (Å²) in [7, 11) is 2.19. The lowest BCUT2D eigenvalue weighted by Crippen LogP contribution is -2.42. The van der Waals surface area contributed by atoms with Crippen LogP contribution in [0.25, 0.3) is 10.8 Å². The number of hydrogen-bond donors (Lipinski definition) is 1. The first-order valence-corrected chi connectivity index (χ1v) is 6.69. The molecule has 94 valence electrons. The van der Waals surface area contributed by atoms with Gasteiger partial charge in [-0.3, -0.25) is 4.90 Å². The van der Waals surface area contributed by atoms with E-state index in [9.17, 15) is 0 Å². The molecule has 1 aliphatic heterocycles. The van der Waals surface area contributed by atoms with Crippen LogP contribution >= 0.6 is 0 Å². The first-order valence-electron chi connectivity index (χ1n) is 6.69. The first-order chi connectivity index (χ1) is 8.75. The lowest BCUT2D eigenvalue weighted by atomic mass is 9.90. The minimum Gasteiger partial charge on any atom is -0.327 e. The lowest BCUT2D eigenvalue weighted by molar-refractivity contribution is 0.171. The fraction of sp³-hybridized carbons (Fsp3) is 0.375. The molecule has 1 saturated heterocycles. The van der Waals surface area contributed by atoms with E-state index in [1.54, 1.807) is 0 Å². The highest BCUT2D eigenvalue weighted by atomic mass is 15.1. The first kappa shape index (κ1) is 11.7. The summed E-state index contributed by atoms with van der Waals surface area (Å²) in [6, 6.07) is 16.1. The van der Waals surface area contributed by atoms with Crippen LogP contribution in [-0.4, -0.2) is 24.5 Å². The fourth-order valence-corrected chi connectivity index (χ4v) is 3.11. The average molecular weight is 240 g/mol. The largest absolute Gasteiger partial charge is 0.327 e. The number of piperidine rings is 1. The Morgan fingerprint density at radius 2 is 1.83 bits per heavy atom. The third kappa shape index (κ3) is 2.02. The number of benzene rings is 2. The summed E-state index contributed by atoms with van der Waals surface area (Å²) in [6.07, 6.45) is 2.28. The Kier molecular flexibility index (Phi) is 3.06. The molecule has 2 heteroatoms. The minimum absolute atomic E-state index is 0.334. The van der Waals surface area contributed by atoms with Gasteiger partial charge in [0, 0.05) is 18.6 Å². The molecular weight excluding hydrogens is 220 g/mol. The second kappa shape index (κ2) is 4.71. The highest BCUT2D eigenvalue weighted by Crippen LogP contribution is 2.33. The Hall–Kier alpha value is -1.38. The Bertz CT molecular complexity index is 544. The standard InChI is InChI=1S/C16H20N2/c1-18-11-13(17)9-10-16(18)15-8-4-6-12-5-2-3-7-14(12)15/h2-8,13,16H,9-11,17H2,1H3. The highest BCUT2D eigenvalue weighted by Gasteiger charge is 2.25. The lowest BCUT2D eigenvalue weighted by Gasteiger charge is -2.36. The molecule has 18 heavy (non-hydrogen) atoms. The van der Waals surface area contributed by atoms with Gasteiger partial charge in [-0.1, -0.05) is 42.5 Å². The third-order valence-electron chi connectivity index (χ3n) is 4.05. The zero-order valence-corrected chi connectivity index (χ0v) is 10.8. The number of rotatable bonds is 1. The Balaban J connectivity index is 2.04. The van der Waals surface area contributed by atoms with E-state index >= 15 is 0 Å². The summed E-state index contributed by atoms with van der Waals surface area (Å²) < 4.78 is 0. The molecular formula is C16H20N2. The second-order valence-corrected chi connectivity index (χ2v) is 5.36. The van der Waals surface area contributed by atoms with Gasteiger partial charge in [-0.15, -0.1) is 0 Å². The topological polar surface area (TPSA) is 29.3 Å². The number of nitrogens with zero attached hydrogens (tertiary/aromatic N) is 1. The molecule has 2 N–H and O–H groups in total. The van der Waals surface area contributed by atoms with E-state index < -0.39 is 0 Å². The third-order valence-corrected chi connectivity index (χ3v) is 4.05. The molecule has 2 aromatic carbocycles. The molecule has 3 rings (SSSR count). The van der Waals surface area contributed by atoms with Crippen LogP contribution in [-0.2, 0) is 0 Å². The van der Waals surface area contributed by atoms with E-state index in [0.717, 1.165) is 19.4 Å². The van der Waals surface area contributed by atoms with E-state index in [1.807, 2.05) is 0 Å². The van der Waals surface area contributed by atoms with Gasteiger partial charge < -0.3 is 5.73 Å². The Labute approximate surface area is 108 Å². The molecule has 1 heterocycles. The van der Waals surface area contributed by atoms with Crippen molar-refractivity contribution in [3.63, 3.8) is 0 Å². The summed E-state index contributed by atoms with van der Waals surface area (Å²) in [6.45, 7) is 0.994. The molecule has 0 radical (unpaired) electrons. The van der Waals surface area contributed by atoms with Gasteiger partial charge in [-0.05, 0) is 36.2 Å². The van der Waals surface area contributed by atoms with Gasteiger partial charge in [-0.2, -0.15) is 0 Å². The molecule has 2 nitrogen and oxygen atoms in total. The van der Waals surface area contributed by atoms with Crippen LogP contribution < -0.4 is 5.73 Å². The zero-order chi connectivity index (χ0) is 12.5. The molecule has 0 bridgehead atoms. The molecule has 0 aromatic heterocycles. The van der Waals surface area contributed by atoms with Crippen LogP contribution in [0.1, 0.15) is 24.4 Å². The van der Waals surface area contributed by atoms with Gasteiger partial charge >= 0.3 is 0 Å². The molecule has 0 spiro atoms. The van der Waals surface area contributed by atoms with Gasteiger partial charge in [0.2, 0.25) is 0 Å². The number of fused-ring (bicyclic) bond motifs is 1. The van der Waals surface area contributed by atoms with Crippen molar-refractivity contribution in [2.45, 2.75) is 24.9 Å². The van der Waals surface area contributed by atoms with Crippen molar-refractivity contribution in [2.75, 3.05) is 13.6 Å². The van der Waals surface area contributed by atoms with Gasteiger partial charge in [0.15, 0.2) is 0 Å². The fourth-order valence-electron chi connectivity index (χ4n) is 3.11. The summed E-state index contributed by atoms with van der Waals surface area (Å²) in [5, 5.41) is 2.71. The Morgan fingerprint density at radius 3 is 2.67 bits per heavy atom. The molecule has 1 aliphatic rings. The number of hydrogen-bond acceptors (Lipinski definition) is 2. The van der Waals surface area contributed by atoms with Crippen LogP contribution in [0, 0.1) is 0 Å². The van der Waals surface area contributed by atoms with E-state index in [2.05, 4.69) is 54.4 Å². The minimum atomic E-state index is 0.334. The SMILES string of the molecule is CN1CC(N)CCC1c1cccc2ccccc12. The Morgan fingerprint density at radius 1 is 1.06 bits per heavy atom. The van der Waals surface area contributed by atoms with Gasteiger partial charge in [-0.25, -0.2) is 0 Å². The van der Waals surface area contributed by atoms with Gasteiger partial charge in [0.1, 0.15) is 0 Å². The van der Waals surface area contributed by atoms with Crippen molar-refractivity contribution < 1.29 is 0 Å². The van der Waals surface area contributed by atoms with Gasteiger partial charge in [0.05, 0.1) is 0 Å². The van der Waals surface area contributed by atoms with Crippen LogP contribution in [0.2, 0.25) is 0 Å². The molecule has 2 atom stereocenters. The van der Waals surface area contributed by atoms with Crippen LogP contribution in [0.15, 0.2) is 42.5 Å². The highest BCUT2D eigenvalue weighted by molar-refractivity contribution is 5.86. The van der Waals surface area contributed by atoms with Crippen molar-refractivity contribution in [3.05, 3.63) is 48.0 Å². The van der Waals surface area contributed by atoms with E-state index in [-0.39, 0.29) is 0 Å². The zero-order valence-electron chi connectivity index (χ0n) is 10.8. The van der Waals surface area contributed by atoms with Crippen LogP contribution in [0.3, 0.4) is 0 Å². The molecule has 2 aromatic rings. The van der Waals surface area contributed by atoms with Crippen molar-refractivity contribution >= 4 is 10.8 Å². The van der Waals surface area contributed by atoms with E-state index in [4.69, 9.17) is 5.73 Å². The van der Waals surface area contributed by atoms with Crippen molar-refractivity contribution in [1.82, 2.24) is 4.90 Å². The average Bonchev–Trinajstić information content (AvgIpc) is 2.38. The molecule has 1 fully saturated rings. The maximum atomic E-state index is 6.04. The number of likely N-dealkylation sites (tertiary alicyclic amines) is 1. The van der Waals surface area contributed by atoms with Crippen LogP contribution in [0.4, 0.5) is 0 Å². The molecule has 2 unspecified atom stereocenters. The van der Waals surface area contributed by atoms with Crippen molar-refractivity contribution in [2.24, 2.45) is 5.73 Å². The predicted octanol–water partition coefficient (Wildman–Crippen LogP) is 2.93. The maximum Gasteiger partial charge on any atom is 0.0352 e. The second-order valence-electron chi connectivity index (χ2n) is 5.36.